The second kappa shape index (κ2) is 4.06. The number of ether oxygens (including phenoxy) is 1. The van der Waals surface area contributed by atoms with E-state index in [2.05, 4.69) is 9.58 Å². The second-order valence-electron chi connectivity index (χ2n) is 2.39. The highest BCUT2D eigenvalue weighted by molar-refractivity contribution is 7.16. The number of hydrogen-bond donors (Lipinski definition) is 0. The van der Waals surface area contributed by atoms with Gasteiger partial charge in [0, 0.05) is 0 Å². The van der Waals surface area contributed by atoms with Gasteiger partial charge in [-0.05, 0) is 17.4 Å². The third-order valence-electron chi connectivity index (χ3n) is 1.62. The number of aryl methyl sites for hydroxylation is 1. The molecule has 0 aliphatic heterocycles. The Morgan fingerprint density at radius 3 is 2.92 bits per heavy atom. The normalized spacial score (nSPS) is 9.31. The van der Waals surface area contributed by atoms with Crippen LogP contribution in [0.2, 0.25) is 0 Å². The molecule has 0 fully saturated rings. The van der Waals surface area contributed by atoms with Crippen molar-refractivity contribution in [2.45, 2.75) is 13.3 Å². The van der Waals surface area contributed by atoms with Crippen LogP contribution >= 0.6 is 11.3 Å². The van der Waals surface area contributed by atoms with Crippen molar-refractivity contribution >= 4 is 22.3 Å². The standard InChI is InChI=1S/C9H9NO2S/c1-4-6-5-7(9(11)12-3)8(10-2)13-6/h5H,4H2,1,3H3. The fraction of sp³-hybridized carbons (Fsp3) is 0.333. The van der Waals surface area contributed by atoms with Crippen LogP contribution < -0.4 is 0 Å². The molecule has 1 heterocycles. The molecule has 68 valence electrons. The predicted molar refractivity (Wildman–Crippen MR) is 51.3 cm³/mol. The summed E-state index contributed by atoms with van der Waals surface area (Å²) < 4.78 is 4.56. The van der Waals surface area contributed by atoms with Crippen LogP contribution in [0.1, 0.15) is 22.2 Å². The molecule has 1 aromatic rings. The minimum absolute atomic E-state index is 0.388. The maximum Gasteiger partial charge on any atom is 0.328 e. The Labute approximate surface area is 80.8 Å². The van der Waals surface area contributed by atoms with Crippen molar-refractivity contribution in [1.29, 1.82) is 0 Å². The molecule has 0 unspecified atom stereocenters. The highest BCUT2D eigenvalue weighted by Gasteiger charge is 2.15. The van der Waals surface area contributed by atoms with Crippen molar-refractivity contribution in [1.82, 2.24) is 0 Å². The smallest absolute Gasteiger partial charge is 0.328 e. The van der Waals surface area contributed by atoms with Gasteiger partial charge >= 0.3 is 5.97 Å². The largest absolute Gasteiger partial charge is 0.466 e. The Balaban J connectivity index is 3.13. The number of carbonyl (C=O) groups is 1. The number of nitrogens with zero attached hydrogens (tertiary/aromatic N) is 1. The summed E-state index contributed by atoms with van der Waals surface area (Å²) in [5.41, 5.74) is 0.388. The van der Waals surface area contributed by atoms with E-state index in [0.29, 0.717) is 10.6 Å². The first kappa shape index (κ1) is 9.75. The molecular formula is C9H9NO2S. The summed E-state index contributed by atoms with van der Waals surface area (Å²) in [6.07, 6.45) is 0.837. The van der Waals surface area contributed by atoms with E-state index in [1.165, 1.54) is 18.4 Å². The molecule has 1 rings (SSSR count). The molecule has 0 bridgehead atoms. The Bertz CT molecular complexity index is 362. The van der Waals surface area contributed by atoms with Crippen LogP contribution in [0.25, 0.3) is 4.85 Å². The number of thiophene rings is 1. The first-order valence-corrected chi connectivity index (χ1v) is 4.63. The molecule has 0 spiro atoms. The van der Waals surface area contributed by atoms with Crippen LogP contribution in [-0.2, 0) is 11.2 Å². The van der Waals surface area contributed by atoms with Gasteiger partial charge in [0.1, 0.15) is 0 Å². The molecular weight excluding hydrogens is 186 g/mol. The zero-order valence-electron chi connectivity index (χ0n) is 7.46. The number of hydrogen-bond acceptors (Lipinski definition) is 3. The molecule has 0 radical (unpaired) electrons. The van der Waals surface area contributed by atoms with Crippen molar-refractivity contribution in [3.05, 3.63) is 27.9 Å². The fourth-order valence-electron chi connectivity index (χ4n) is 0.945. The average Bonchev–Trinajstić information content (AvgIpc) is 2.59. The van der Waals surface area contributed by atoms with Crippen LogP contribution in [0.15, 0.2) is 6.07 Å². The Morgan fingerprint density at radius 2 is 2.46 bits per heavy atom. The number of methoxy groups -OCH3 is 1. The molecule has 0 aliphatic rings. The van der Waals surface area contributed by atoms with Crippen LogP contribution in [-0.4, -0.2) is 13.1 Å². The quantitative estimate of drug-likeness (QED) is 0.536. The van der Waals surface area contributed by atoms with Gasteiger partial charge in [-0.3, -0.25) is 0 Å². The Kier molecular flexibility index (Phi) is 3.04. The molecule has 1 aromatic heterocycles. The van der Waals surface area contributed by atoms with E-state index < -0.39 is 5.97 Å². The SMILES string of the molecule is [C-]#[N+]c1sc(CC)cc1C(=O)OC. The van der Waals surface area contributed by atoms with Crippen molar-refractivity contribution in [2.75, 3.05) is 7.11 Å². The van der Waals surface area contributed by atoms with E-state index >= 15 is 0 Å². The number of esters is 1. The molecule has 13 heavy (non-hydrogen) atoms. The summed E-state index contributed by atoms with van der Waals surface area (Å²) in [5.74, 6) is -0.429. The first-order valence-electron chi connectivity index (χ1n) is 3.81. The van der Waals surface area contributed by atoms with Crippen LogP contribution in [0.4, 0.5) is 5.00 Å². The molecule has 0 aromatic carbocycles. The highest BCUT2D eigenvalue weighted by Crippen LogP contribution is 2.31. The maximum absolute atomic E-state index is 11.2. The van der Waals surface area contributed by atoms with Gasteiger partial charge in [0.05, 0.1) is 19.2 Å². The maximum atomic E-state index is 11.2. The summed E-state index contributed by atoms with van der Waals surface area (Å²) in [6.45, 7) is 8.86. The van der Waals surface area contributed by atoms with Gasteiger partial charge in [0.2, 0.25) is 0 Å². The first-order chi connectivity index (χ1) is 6.22. The molecule has 4 heteroatoms. The monoisotopic (exact) mass is 195 g/mol. The topological polar surface area (TPSA) is 30.7 Å². The minimum atomic E-state index is -0.429. The highest BCUT2D eigenvalue weighted by atomic mass is 32.1. The molecule has 0 amide bonds. The lowest BCUT2D eigenvalue weighted by Gasteiger charge is -1.93. The summed E-state index contributed by atoms with van der Waals surface area (Å²) in [6, 6.07) is 1.73. The van der Waals surface area contributed by atoms with Crippen molar-refractivity contribution in [3.8, 4) is 0 Å². The second-order valence-corrected chi connectivity index (χ2v) is 3.50. The molecule has 3 nitrogen and oxygen atoms in total. The lowest BCUT2D eigenvalue weighted by atomic mass is 10.2. The van der Waals surface area contributed by atoms with Crippen molar-refractivity contribution < 1.29 is 9.53 Å². The van der Waals surface area contributed by atoms with E-state index in [9.17, 15) is 4.79 Å². The van der Waals surface area contributed by atoms with Crippen molar-refractivity contribution in [3.63, 3.8) is 0 Å². The third kappa shape index (κ3) is 1.87. The Hall–Kier alpha value is -1.34. The van der Waals surface area contributed by atoms with Gasteiger partial charge in [0.25, 0.3) is 5.00 Å². The lowest BCUT2D eigenvalue weighted by molar-refractivity contribution is 0.0602. The fourth-order valence-corrected chi connectivity index (χ4v) is 1.81. The van der Waals surface area contributed by atoms with E-state index in [4.69, 9.17) is 6.57 Å². The van der Waals surface area contributed by atoms with Gasteiger partial charge in [0.15, 0.2) is 0 Å². The summed E-state index contributed by atoms with van der Waals surface area (Å²) in [5, 5.41) is 0.420. The van der Waals surface area contributed by atoms with E-state index in [1.54, 1.807) is 6.07 Å². The van der Waals surface area contributed by atoms with Crippen LogP contribution in [0.3, 0.4) is 0 Å². The van der Waals surface area contributed by atoms with Gasteiger partial charge in [-0.2, -0.15) is 11.3 Å². The van der Waals surface area contributed by atoms with E-state index in [-0.39, 0.29) is 0 Å². The molecule has 0 atom stereocenters. The molecule has 0 aliphatic carbocycles. The average molecular weight is 195 g/mol. The minimum Gasteiger partial charge on any atom is -0.466 e. The van der Waals surface area contributed by atoms with Crippen molar-refractivity contribution in [2.24, 2.45) is 0 Å². The Morgan fingerprint density at radius 1 is 1.77 bits per heavy atom. The van der Waals surface area contributed by atoms with Gasteiger partial charge in [-0.1, -0.05) is 6.92 Å². The van der Waals surface area contributed by atoms with Gasteiger partial charge < -0.3 is 4.74 Å². The summed E-state index contributed by atoms with van der Waals surface area (Å²) >= 11 is 1.35. The zero-order valence-corrected chi connectivity index (χ0v) is 8.27. The third-order valence-corrected chi connectivity index (χ3v) is 2.79. The zero-order chi connectivity index (χ0) is 9.84. The van der Waals surface area contributed by atoms with E-state index in [0.717, 1.165) is 11.3 Å². The van der Waals surface area contributed by atoms with E-state index in [1.807, 2.05) is 6.92 Å². The predicted octanol–water partition coefficient (Wildman–Crippen LogP) is 2.65. The molecule has 0 saturated carbocycles. The van der Waals surface area contributed by atoms with Crippen LogP contribution in [0, 0.1) is 6.57 Å². The van der Waals surface area contributed by atoms with Crippen LogP contribution in [0.5, 0.6) is 0 Å². The molecule has 0 N–H and O–H groups in total. The summed E-state index contributed by atoms with van der Waals surface area (Å²) in [4.78, 5) is 15.5. The lowest BCUT2D eigenvalue weighted by Crippen LogP contribution is -1.98. The van der Waals surface area contributed by atoms with Gasteiger partial charge in [-0.15, -0.1) is 0 Å². The molecule has 0 saturated heterocycles. The summed E-state index contributed by atoms with van der Waals surface area (Å²) in [7, 11) is 1.32. The van der Waals surface area contributed by atoms with Gasteiger partial charge in [-0.25, -0.2) is 9.64 Å². The number of rotatable bonds is 2. The number of carbonyl (C=O) groups excluding carboxylic acids is 1.